The average Bonchev–Trinajstić information content (AvgIpc) is 3.00. The molecule has 0 unspecified atom stereocenters. The summed E-state index contributed by atoms with van der Waals surface area (Å²) in [6.07, 6.45) is 6.39. The Morgan fingerprint density at radius 3 is 2.19 bits per heavy atom. The highest BCUT2D eigenvalue weighted by Gasteiger charge is 2.24. The average molecular weight is 449 g/mol. The van der Waals surface area contributed by atoms with E-state index in [1.165, 1.54) is 36.4 Å². The van der Waals surface area contributed by atoms with Gasteiger partial charge in [0.15, 0.2) is 5.78 Å². The molecule has 0 radical (unpaired) electrons. The van der Waals surface area contributed by atoms with Crippen LogP contribution in [0.5, 0.6) is 0 Å². The molecule has 2 N–H and O–H groups in total. The quantitative estimate of drug-likeness (QED) is 0.272. The van der Waals surface area contributed by atoms with Crippen LogP contribution in [0.1, 0.15) is 45.1 Å². The maximum Gasteiger partial charge on any atom is 0.331 e. The fourth-order valence-corrected chi connectivity index (χ4v) is 4.81. The van der Waals surface area contributed by atoms with Crippen LogP contribution in [0.25, 0.3) is 6.08 Å². The minimum atomic E-state index is -3.53. The fraction of sp³-hybridized carbons (Fsp3) is 0.409. The van der Waals surface area contributed by atoms with Gasteiger partial charge < -0.3 is 15.3 Å². The van der Waals surface area contributed by atoms with Gasteiger partial charge >= 0.3 is 5.97 Å². The molecule has 1 fully saturated rings. The van der Waals surface area contributed by atoms with Gasteiger partial charge in [0.2, 0.25) is 10.0 Å². The molecule has 0 spiro atoms. The standard InChI is InChI=1S/C22H28N2O6S/c1-16(23)22(17(2)25)20(26)15-30-21(27)12-9-18-7-10-19(11-8-18)31(28,29)24-13-5-3-4-6-14-24/h7-12,23,26H,3-6,13-15H2,1-2H3/b12-9+,22-20-,23-16?. The Morgan fingerprint density at radius 2 is 1.68 bits per heavy atom. The van der Waals surface area contributed by atoms with Crippen LogP contribution < -0.4 is 0 Å². The lowest BCUT2D eigenvalue weighted by Gasteiger charge is -2.19. The summed E-state index contributed by atoms with van der Waals surface area (Å²) in [7, 11) is -3.53. The molecule has 1 saturated heterocycles. The summed E-state index contributed by atoms with van der Waals surface area (Å²) in [6, 6.07) is 6.20. The van der Waals surface area contributed by atoms with Gasteiger partial charge in [0.25, 0.3) is 0 Å². The number of carbonyl (C=O) groups is 2. The van der Waals surface area contributed by atoms with Gasteiger partial charge in [0.05, 0.1) is 10.5 Å². The highest BCUT2D eigenvalue weighted by atomic mass is 32.2. The van der Waals surface area contributed by atoms with E-state index in [0.717, 1.165) is 31.8 Å². The molecule has 2 rings (SSSR count). The Labute approximate surface area is 182 Å². The lowest BCUT2D eigenvalue weighted by atomic mass is 10.1. The molecule has 168 valence electrons. The summed E-state index contributed by atoms with van der Waals surface area (Å²) < 4.78 is 32.0. The smallest absolute Gasteiger partial charge is 0.331 e. The summed E-state index contributed by atoms with van der Waals surface area (Å²) in [5.41, 5.74) is 0.302. The van der Waals surface area contributed by atoms with Gasteiger partial charge in [-0.05, 0) is 50.5 Å². The number of hydrogen-bond donors (Lipinski definition) is 2. The van der Waals surface area contributed by atoms with E-state index < -0.39 is 34.1 Å². The van der Waals surface area contributed by atoms with Gasteiger partial charge in [0, 0.05) is 24.9 Å². The van der Waals surface area contributed by atoms with Crippen molar-refractivity contribution in [3.8, 4) is 0 Å². The number of nitrogens with one attached hydrogen (secondary N) is 1. The van der Waals surface area contributed by atoms with E-state index in [1.807, 2.05) is 0 Å². The van der Waals surface area contributed by atoms with Crippen molar-refractivity contribution >= 4 is 33.6 Å². The molecule has 1 aromatic rings. The number of esters is 1. The monoisotopic (exact) mass is 448 g/mol. The number of aliphatic hydroxyl groups is 1. The van der Waals surface area contributed by atoms with Crippen LogP contribution in [-0.4, -0.2) is 55.0 Å². The molecule has 0 aliphatic carbocycles. The van der Waals surface area contributed by atoms with Crippen LogP contribution in [0.4, 0.5) is 0 Å². The summed E-state index contributed by atoms with van der Waals surface area (Å²) in [6.45, 7) is 3.09. The van der Waals surface area contributed by atoms with Crippen molar-refractivity contribution in [1.82, 2.24) is 4.31 Å². The summed E-state index contributed by atoms with van der Waals surface area (Å²) >= 11 is 0. The van der Waals surface area contributed by atoms with Gasteiger partial charge in [-0.1, -0.05) is 25.0 Å². The molecule has 8 nitrogen and oxygen atoms in total. The molecule has 1 aliphatic heterocycles. The molecule has 0 saturated carbocycles. The highest BCUT2D eigenvalue weighted by Crippen LogP contribution is 2.21. The summed E-state index contributed by atoms with van der Waals surface area (Å²) in [4.78, 5) is 23.5. The molecule has 0 aromatic heterocycles. The fourth-order valence-electron chi connectivity index (χ4n) is 3.29. The van der Waals surface area contributed by atoms with Crippen molar-refractivity contribution in [2.45, 2.75) is 44.4 Å². The number of Topliss-reactive ketones (excluding diaryl/α,β-unsaturated/α-hetero) is 1. The van der Waals surface area contributed by atoms with E-state index in [0.29, 0.717) is 18.7 Å². The number of allylic oxidation sites excluding steroid dienone is 1. The van der Waals surface area contributed by atoms with Crippen LogP contribution in [-0.2, 0) is 24.3 Å². The summed E-state index contributed by atoms with van der Waals surface area (Å²) in [5.74, 6) is -1.73. The number of nitrogens with zero attached hydrogens (tertiary/aromatic N) is 1. The Bertz CT molecular complexity index is 969. The summed E-state index contributed by atoms with van der Waals surface area (Å²) in [5, 5.41) is 17.4. The lowest BCUT2D eigenvalue weighted by Crippen LogP contribution is -2.31. The van der Waals surface area contributed by atoms with Crippen molar-refractivity contribution in [2.75, 3.05) is 19.7 Å². The number of ketones is 1. The Balaban J connectivity index is 2.00. The van der Waals surface area contributed by atoms with Gasteiger partial charge in [-0.25, -0.2) is 13.2 Å². The van der Waals surface area contributed by atoms with Gasteiger partial charge in [-0.15, -0.1) is 0 Å². The molecule has 1 aliphatic rings. The largest absolute Gasteiger partial charge is 0.508 e. The number of ether oxygens (including phenoxy) is 1. The molecule has 0 atom stereocenters. The lowest BCUT2D eigenvalue weighted by molar-refractivity contribution is -0.137. The Kier molecular flexibility index (Phi) is 8.70. The maximum absolute atomic E-state index is 12.8. The maximum atomic E-state index is 12.8. The zero-order valence-electron chi connectivity index (χ0n) is 17.8. The first-order chi connectivity index (χ1) is 14.6. The molecule has 0 amide bonds. The second-order valence-corrected chi connectivity index (χ2v) is 9.27. The minimum Gasteiger partial charge on any atom is -0.508 e. The third-order valence-electron chi connectivity index (χ3n) is 4.86. The number of benzene rings is 1. The Morgan fingerprint density at radius 1 is 1.10 bits per heavy atom. The minimum absolute atomic E-state index is 0.119. The zero-order valence-corrected chi connectivity index (χ0v) is 18.6. The van der Waals surface area contributed by atoms with Gasteiger partial charge in [-0.3, -0.25) is 4.79 Å². The van der Waals surface area contributed by atoms with Crippen LogP contribution in [0, 0.1) is 5.41 Å². The van der Waals surface area contributed by atoms with E-state index in [2.05, 4.69) is 0 Å². The molecule has 31 heavy (non-hydrogen) atoms. The second kappa shape index (κ2) is 11.0. The predicted molar refractivity (Wildman–Crippen MR) is 117 cm³/mol. The molecule has 0 bridgehead atoms. The van der Waals surface area contributed by atoms with Crippen LogP contribution >= 0.6 is 0 Å². The Hall–Kier alpha value is -2.78. The first-order valence-corrected chi connectivity index (χ1v) is 11.5. The van der Waals surface area contributed by atoms with Crippen molar-refractivity contribution in [3.63, 3.8) is 0 Å². The van der Waals surface area contributed by atoms with Crippen molar-refractivity contribution in [2.24, 2.45) is 0 Å². The molecular weight excluding hydrogens is 420 g/mol. The third kappa shape index (κ3) is 6.86. The number of carbonyl (C=O) groups excluding carboxylic acids is 2. The van der Waals surface area contributed by atoms with E-state index in [1.54, 1.807) is 12.1 Å². The molecule has 1 aromatic carbocycles. The number of hydrogen-bond acceptors (Lipinski definition) is 7. The third-order valence-corrected chi connectivity index (χ3v) is 6.77. The van der Waals surface area contributed by atoms with Crippen molar-refractivity contribution in [3.05, 3.63) is 47.2 Å². The second-order valence-electron chi connectivity index (χ2n) is 7.33. The SMILES string of the molecule is CC(=N)/C(C(C)=O)=C(/O)COC(=O)/C=C/c1ccc(S(=O)(=O)N2CCCCCC2)cc1. The van der Waals surface area contributed by atoms with Gasteiger partial charge in [0.1, 0.15) is 12.4 Å². The van der Waals surface area contributed by atoms with Crippen molar-refractivity contribution in [1.29, 1.82) is 5.41 Å². The van der Waals surface area contributed by atoms with E-state index in [4.69, 9.17) is 10.1 Å². The van der Waals surface area contributed by atoms with Crippen LogP contribution in [0.15, 0.2) is 46.6 Å². The number of aliphatic hydroxyl groups excluding tert-OH is 1. The highest BCUT2D eigenvalue weighted by molar-refractivity contribution is 7.89. The first kappa shape index (κ1) is 24.5. The molecular formula is C22H28N2O6S. The van der Waals surface area contributed by atoms with E-state index in [-0.39, 0.29) is 16.2 Å². The van der Waals surface area contributed by atoms with Crippen LogP contribution in [0.3, 0.4) is 0 Å². The zero-order chi connectivity index (χ0) is 23.0. The van der Waals surface area contributed by atoms with E-state index >= 15 is 0 Å². The van der Waals surface area contributed by atoms with Crippen molar-refractivity contribution < 1.29 is 27.9 Å². The van der Waals surface area contributed by atoms with Gasteiger partial charge in [-0.2, -0.15) is 4.31 Å². The predicted octanol–water partition coefficient (Wildman–Crippen LogP) is 3.25. The first-order valence-electron chi connectivity index (χ1n) is 10.1. The topological polar surface area (TPSA) is 125 Å². The van der Waals surface area contributed by atoms with Crippen LogP contribution in [0.2, 0.25) is 0 Å². The molecule has 9 heteroatoms. The molecule has 1 heterocycles. The normalized spacial score (nSPS) is 16.5. The number of rotatable bonds is 8. The number of sulfonamides is 1. The van der Waals surface area contributed by atoms with E-state index in [9.17, 15) is 23.1 Å².